The Morgan fingerprint density at radius 1 is 1.03 bits per heavy atom. The number of hydrogen-bond donors (Lipinski definition) is 0. The number of carbonyl (C=O) groups is 1. The first kappa shape index (κ1) is 24.5. The Morgan fingerprint density at radius 3 is 2.56 bits per heavy atom. The zero-order valence-electron chi connectivity index (χ0n) is 19.8. The van der Waals surface area contributed by atoms with Gasteiger partial charge in [0.05, 0.1) is 19.2 Å². The van der Waals surface area contributed by atoms with Crippen LogP contribution >= 0.6 is 11.6 Å². The molecule has 1 aromatic heterocycles. The van der Waals surface area contributed by atoms with Crippen molar-refractivity contribution in [1.29, 1.82) is 0 Å². The van der Waals surface area contributed by atoms with Gasteiger partial charge in [0.25, 0.3) is 0 Å². The third-order valence-corrected chi connectivity index (χ3v) is 6.38. The lowest BCUT2D eigenvalue weighted by molar-refractivity contribution is -0.133. The van der Waals surface area contributed by atoms with E-state index in [0.29, 0.717) is 31.2 Å². The molecule has 1 atom stereocenters. The first-order chi connectivity index (χ1) is 16.5. The van der Waals surface area contributed by atoms with Crippen molar-refractivity contribution >= 4 is 17.5 Å². The lowest BCUT2D eigenvalue weighted by Gasteiger charge is -2.29. The van der Waals surface area contributed by atoms with Gasteiger partial charge in [-0.25, -0.2) is 0 Å². The van der Waals surface area contributed by atoms with Crippen molar-refractivity contribution in [2.75, 3.05) is 26.2 Å². The molecule has 1 amide bonds. The van der Waals surface area contributed by atoms with Gasteiger partial charge in [-0.1, -0.05) is 54.1 Å². The molecule has 0 N–H and O–H groups in total. The Kier molecular flexibility index (Phi) is 8.80. The van der Waals surface area contributed by atoms with Crippen LogP contribution in [0.1, 0.15) is 35.5 Å². The van der Waals surface area contributed by atoms with Crippen molar-refractivity contribution in [2.24, 2.45) is 0 Å². The number of amides is 1. The fourth-order valence-corrected chi connectivity index (χ4v) is 4.62. The molecule has 0 radical (unpaired) electrons. The molecule has 5 nitrogen and oxygen atoms in total. The number of halogens is 1. The zero-order valence-corrected chi connectivity index (χ0v) is 20.5. The van der Waals surface area contributed by atoms with Gasteiger partial charge in [-0.2, -0.15) is 0 Å². The number of aryl methyl sites for hydroxylation is 1. The van der Waals surface area contributed by atoms with Gasteiger partial charge in [-0.05, 0) is 61.6 Å². The minimum atomic E-state index is 0.0880. The van der Waals surface area contributed by atoms with E-state index in [1.54, 1.807) is 0 Å². The molecule has 1 aliphatic heterocycles. The molecular formula is C28H33ClN2O3. The summed E-state index contributed by atoms with van der Waals surface area (Å²) in [7, 11) is 0. The van der Waals surface area contributed by atoms with Crippen LogP contribution in [-0.4, -0.2) is 48.1 Å². The number of furan rings is 1. The first-order valence-electron chi connectivity index (χ1n) is 12.0. The molecule has 0 aliphatic carbocycles. The highest BCUT2D eigenvalue weighted by molar-refractivity contribution is 6.30. The highest BCUT2D eigenvalue weighted by Crippen LogP contribution is 2.18. The molecule has 3 aromatic rings. The summed E-state index contributed by atoms with van der Waals surface area (Å²) in [5.74, 6) is 1.75. The van der Waals surface area contributed by atoms with Crippen molar-refractivity contribution in [2.45, 2.75) is 45.4 Å². The minimum Gasteiger partial charge on any atom is -0.464 e. The highest BCUT2D eigenvalue weighted by Gasteiger charge is 2.24. The maximum Gasteiger partial charge on any atom is 0.237 e. The Labute approximate surface area is 207 Å². The van der Waals surface area contributed by atoms with E-state index in [1.165, 1.54) is 5.56 Å². The van der Waals surface area contributed by atoms with Crippen molar-refractivity contribution < 1.29 is 13.9 Å². The number of ether oxygens (including phenoxy) is 1. The Bertz CT molecular complexity index is 1050. The number of hydrogen-bond acceptors (Lipinski definition) is 4. The molecule has 1 aliphatic rings. The summed E-state index contributed by atoms with van der Waals surface area (Å²) in [5.41, 5.74) is 2.31. The van der Waals surface area contributed by atoms with Gasteiger partial charge in [0, 0.05) is 31.3 Å². The first-order valence-corrected chi connectivity index (χ1v) is 12.4. The van der Waals surface area contributed by atoms with Gasteiger partial charge in [-0.3, -0.25) is 9.69 Å². The van der Waals surface area contributed by atoms with Gasteiger partial charge in [0.1, 0.15) is 11.5 Å². The van der Waals surface area contributed by atoms with E-state index < -0.39 is 0 Å². The molecule has 1 fully saturated rings. The molecule has 0 bridgehead atoms. The largest absolute Gasteiger partial charge is 0.464 e. The maximum atomic E-state index is 13.6. The van der Waals surface area contributed by atoms with Gasteiger partial charge < -0.3 is 14.1 Å². The Balaban J connectivity index is 1.47. The monoisotopic (exact) mass is 480 g/mol. The van der Waals surface area contributed by atoms with Gasteiger partial charge in [-0.15, -0.1) is 0 Å². The predicted molar refractivity (Wildman–Crippen MR) is 135 cm³/mol. The van der Waals surface area contributed by atoms with Gasteiger partial charge >= 0.3 is 0 Å². The highest BCUT2D eigenvalue weighted by atomic mass is 35.5. The molecule has 34 heavy (non-hydrogen) atoms. The number of carbonyl (C=O) groups excluding carboxylic acids is 1. The third kappa shape index (κ3) is 7.45. The van der Waals surface area contributed by atoms with Crippen LogP contribution in [0.5, 0.6) is 0 Å². The van der Waals surface area contributed by atoms with E-state index in [0.717, 1.165) is 49.5 Å². The van der Waals surface area contributed by atoms with E-state index in [2.05, 4.69) is 23.1 Å². The predicted octanol–water partition coefficient (Wildman–Crippen LogP) is 5.49. The molecule has 0 saturated carbocycles. The molecule has 1 unspecified atom stereocenters. The van der Waals surface area contributed by atoms with Crippen molar-refractivity contribution in [3.05, 3.63) is 94.4 Å². The quantitative estimate of drug-likeness (QED) is 0.364. The SMILES string of the molecule is Cc1ccc(CN(CCc2ccccc2)C(=O)CN(Cc2cccc(Cl)c2)CC2CCCO2)o1. The van der Waals surface area contributed by atoms with Crippen molar-refractivity contribution in [3.8, 4) is 0 Å². The standard InChI is InChI=1S/C28H33ClN2O3/c1-22-12-13-27(34-22)20-31(15-14-23-7-3-2-4-8-23)28(32)21-30(19-26-11-6-16-33-26)18-24-9-5-10-25(29)17-24/h2-5,7-10,12-13,17,26H,6,11,14-16,18-21H2,1H3. The van der Waals surface area contributed by atoms with Gasteiger partial charge in [0.2, 0.25) is 5.91 Å². The summed E-state index contributed by atoms with van der Waals surface area (Å²) >= 11 is 6.22. The molecule has 0 spiro atoms. The Morgan fingerprint density at radius 2 is 1.85 bits per heavy atom. The molecule has 4 rings (SSSR count). The molecule has 2 heterocycles. The second kappa shape index (κ2) is 12.2. The summed E-state index contributed by atoms with van der Waals surface area (Å²) in [6.07, 6.45) is 3.07. The van der Waals surface area contributed by atoms with Crippen LogP contribution < -0.4 is 0 Å². The fraction of sp³-hybridized carbons (Fsp3) is 0.393. The number of rotatable bonds is 11. The van der Waals surface area contributed by atoms with Gasteiger partial charge in [0.15, 0.2) is 0 Å². The lowest BCUT2D eigenvalue weighted by Crippen LogP contribution is -2.43. The van der Waals surface area contributed by atoms with E-state index in [1.807, 2.05) is 60.4 Å². The van der Waals surface area contributed by atoms with Crippen LogP contribution in [-0.2, 0) is 29.0 Å². The summed E-state index contributed by atoms with van der Waals surface area (Å²) < 4.78 is 11.7. The Hall–Kier alpha value is -2.60. The minimum absolute atomic E-state index is 0.0880. The molecule has 2 aromatic carbocycles. The molecule has 6 heteroatoms. The van der Waals surface area contributed by atoms with E-state index in [9.17, 15) is 4.79 Å². The fourth-order valence-electron chi connectivity index (χ4n) is 4.41. The summed E-state index contributed by atoms with van der Waals surface area (Å²) in [6, 6.07) is 22.0. The van der Waals surface area contributed by atoms with Crippen molar-refractivity contribution in [3.63, 3.8) is 0 Å². The second-order valence-electron chi connectivity index (χ2n) is 9.00. The molecule has 1 saturated heterocycles. The van der Waals surface area contributed by atoms with Crippen molar-refractivity contribution in [1.82, 2.24) is 9.80 Å². The topological polar surface area (TPSA) is 45.9 Å². The number of benzene rings is 2. The second-order valence-corrected chi connectivity index (χ2v) is 9.43. The average molecular weight is 481 g/mol. The van der Waals surface area contributed by atoms with Crippen LogP contribution in [0.3, 0.4) is 0 Å². The molecular weight excluding hydrogens is 448 g/mol. The number of nitrogens with zero attached hydrogens (tertiary/aromatic N) is 2. The van der Waals surface area contributed by atoms with E-state index >= 15 is 0 Å². The summed E-state index contributed by atoms with van der Waals surface area (Å²) in [5, 5.41) is 0.707. The summed E-state index contributed by atoms with van der Waals surface area (Å²) in [4.78, 5) is 17.7. The van der Waals surface area contributed by atoms with Crippen LogP contribution in [0.15, 0.2) is 71.1 Å². The summed E-state index contributed by atoms with van der Waals surface area (Å²) in [6.45, 7) is 5.51. The lowest BCUT2D eigenvalue weighted by atomic mass is 10.1. The average Bonchev–Trinajstić information content (AvgIpc) is 3.48. The van der Waals surface area contributed by atoms with Crippen LogP contribution in [0.25, 0.3) is 0 Å². The van der Waals surface area contributed by atoms with E-state index in [4.69, 9.17) is 20.8 Å². The van der Waals surface area contributed by atoms with Crippen LogP contribution in [0.2, 0.25) is 5.02 Å². The maximum absolute atomic E-state index is 13.6. The van der Waals surface area contributed by atoms with E-state index in [-0.39, 0.29) is 12.0 Å². The zero-order chi connectivity index (χ0) is 23.8. The normalized spacial score (nSPS) is 15.7. The van der Waals surface area contributed by atoms with Crippen LogP contribution in [0.4, 0.5) is 0 Å². The smallest absolute Gasteiger partial charge is 0.237 e. The third-order valence-electron chi connectivity index (χ3n) is 6.15. The molecule has 180 valence electrons. The van der Waals surface area contributed by atoms with Crippen LogP contribution in [0, 0.1) is 6.92 Å².